The van der Waals surface area contributed by atoms with Crippen LogP contribution in [-0.4, -0.2) is 33.7 Å². The first-order valence-corrected chi connectivity index (χ1v) is 8.20. The minimum atomic E-state index is 0.205. The Morgan fingerprint density at radius 3 is 2.96 bits per heavy atom. The highest BCUT2D eigenvalue weighted by Gasteiger charge is 2.21. The zero-order valence-electron chi connectivity index (χ0n) is 12.7. The first-order valence-electron chi connectivity index (χ1n) is 7.82. The lowest BCUT2D eigenvalue weighted by atomic mass is 10.1. The van der Waals surface area contributed by atoms with Crippen LogP contribution < -0.4 is 10.6 Å². The zero-order valence-corrected chi connectivity index (χ0v) is 13.4. The van der Waals surface area contributed by atoms with E-state index in [-0.39, 0.29) is 6.04 Å². The van der Waals surface area contributed by atoms with E-state index in [1.807, 2.05) is 41.0 Å². The number of hydrogen-bond donors (Lipinski definition) is 1. The Kier molecular flexibility index (Phi) is 3.67. The first kappa shape index (κ1) is 14.5. The van der Waals surface area contributed by atoms with Crippen LogP contribution in [0.3, 0.4) is 0 Å². The summed E-state index contributed by atoms with van der Waals surface area (Å²) in [5.41, 5.74) is 8.88. The standard InChI is InChI=1S/C17H18ClN5/c18-14-6-2-1-5-13(14)15-10-16-17(20-7-9-23(16)21-15)22-8-3-4-12(19)11-22/h1-2,5-7,9-10,12H,3-4,8,11,19H2. The van der Waals surface area contributed by atoms with Crippen molar-refractivity contribution in [1.82, 2.24) is 14.6 Å². The predicted octanol–water partition coefficient (Wildman–Crippen LogP) is 2.98. The van der Waals surface area contributed by atoms with E-state index in [1.165, 1.54) is 0 Å². The Bertz CT molecular complexity index is 844. The molecule has 2 aromatic heterocycles. The summed E-state index contributed by atoms with van der Waals surface area (Å²) in [5.74, 6) is 0.938. The molecule has 1 aromatic carbocycles. The Morgan fingerprint density at radius 2 is 2.13 bits per heavy atom. The molecule has 1 fully saturated rings. The van der Waals surface area contributed by atoms with Crippen molar-refractivity contribution in [3.05, 3.63) is 47.7 Å². The highest BCUT2D eigenvalue weighted by atomic mass is 35.5. The molecule has 118 valence electrons. The molecule has 2 N–H and O–H groups in total. The normalized spacial score (nSPS) is 18.5. The molecule has 1 saturated heterocycles. The van der Waals surface area contributed by atoms with Crippen molar-refractivity contribution in [2.75, 3.05) is 18.0 Å². The molecule has 1 unspecified atom stereocenters. The van der Waals surface area contributed by atoms with Crippen molar-refractivity contribution < 1.29 is 0 Å². The van der Waals surface area contributed by atoms with Gasteiger partial charge in [-0.15, -0.1) is 0 Å². The fraction of sp³-hybridized carbons (Fsp3) is 0.294. The average Bonchev–Trinajstić information content (AvgIpc) is 2.99. The average molecular weight is 328 g/mol. The van der Waals surface area contributed by atoms with Gasteiger partial charge in [-0.25, -0.2) is 9.50 Å². The van der Waals surface area contributed by atoms with Gasteiger partial charge in [0.1, 0.15) is 5.52 Å². The minimum Gasteiger partial charge on any atom is -0.353 e. The van der Waals surface area contributed by atoms with Gasteiger partial charge in [-0.3, -0.25) is 0 Å². The van der Waals surface area contributed by atoms with Gasteiger partial charge in [0.25, 0.3) is 0 Å². The summed E-state index contributed by atoms with van der Waals surface area (Å²) in [6.45, 7) is 1.81. The van der Waals surface area contributed by atoms with Crippen LogP contribution in [0.1, 0.15) is 12.8 Å². The van der Waals surface area contributed by atoms with Gasteiger partial charge in [0.05, 0.1) is 10.7 Å². The van der Waals surface area contributed by atoms with Crippen molar-refractivity contribution in [2.24, 2.45) is 5.73 Å². The quantitative estimate of drug-likeness (QED) is 0.786. The fourth-order valence-corrected chi connectivity index (χ4v) is 3.39. The van der Waals surface area contributed by atoms with Gasteiger partial charge in [0.2, 0.25) is 0 Å². The largest absolute Gasteiger partial charge is 0.353 e. The Morgan fingerprint density at radius 1 is 1.26 bits per heavy atom. The van der Waals surface area contributed by atoms with Gasteiger partial charge in [0, 0.05) is 37.1 Å². The Labute approximate surface area is 139 Å². The van der Waals surface area contributed by atoms with Gasteiger partial charge < -0.3 is 10.6 Å². The van der Waals surface area contributed by atoms with Gasteiger partial charge in [0.15, 0.2) is 5.82 Å². The Hall–Kier alpha value is -2.11. The summed E-state index contributed by atoms with van der Waals surface area (Å²) in [6.07, 6.45) is 5.81. The van der Waals surface area contributed by atoms with Crippen molar-refractivity contribution in [3.8, 4) is 11.3 Å². The molecule has 0 radical (unpaired) electrons. The molecule has 0 spiro atoms. The number of anilines is 1. The second-order valence-corrected chi connectivity index (χ2v) is 6.35. The van der Waals surface area contributed by atoms with Crippen LogP contribution in [0.15, 0.2) is 42.7 Å². The molecule has 1 aliphatic heterocycles. The molecular weight excluding hydrogens is 310 g/mol. The lowest BCUT2D eigenvalue weighted by Crippen LogP contribution is -2.43. The van der Waals surface area contributed by atoms with E-state index in [2.05, 4.69) is 15.0 Å². The summed E-state index contributed by atoms with van der Waals surface area (Å²) in [4.78, 5) is 6.82. The highest BCUT2D eigenvalue weighted by molar-refractivity contribution is 6.33. The first-order chi connectivity index (χ1) is 11.2. The number of rotatable bonds is 2. The van der Waals surface area contributed by atoms with Crippen LogP contribution in [0.2, 0.25) is 5.02 Å². The third-order valence-electron chi connectivity index (χ3n) is 4.28. The van der Waals surface area contributed by atoms with Crippen molar-refractivity contribution in [2.45, 2.75) is 18.9 Å². The number of aromatic nitrogens is 3. The predicted molar refractivity (Wildman–Crippen MR) is 92.9 cm³/mol. The molecule has 23 heavy (non-hydrogen) atoms. The van der Waals surface area contributed by atoms with Crippen LogP contribution >= 0.6 is 11.6 Å². The molecule has 0 aliphatic carbocycles. The second kappa shape index (κ2) is 5.83. The molecule has 1 aliphatic rings. The van der Waals surface area contributed by atoms with Crippen LogP contribution in [0.25, 0.3) is 16.8 Å². The molecule has 5 nitrogen and oxygen atoms in total. The van der Waals surface area contributed by atoms with Gasteiger partial charge >= 0.3 is 0 Å². The number of hydrogen-bond acceptors (Lipinski definition) is 4. The topological polar surface area (TPSA) is 59.5 Å². The second-order valence-electron chi connectivity index (χ2n) is 5.94. The minimum absolute atomic E-state index is 0.205. The maximum absolute atomic E-state index is 6.30. The van der Waals surface area contributed by atoms with Gasteiger partial charge in [-0.05, 0) is 25.0 Å². The molecule has 0 bridgehead atoms. The van der Waals surface area contributed by atoms with E-state index < -0.39 is 0 Å². The van der Waals surface area contributed by atoms with E-state index in [4.69, 9.17) is 17.3 Å². The molecular formula is C17H18ClN5. The van der Waals surface area contributed by atoms with E-state index in [0.29, 0.717) is 5.02 Å². The third kappa shape index (κ3) is 2.66. The van der Waals surface area contributed by atoms with Crippen LogP contribution in [0, 0.1) is 0 Å². The number of nitrogens with zero attached hydrogens (tertiary/aromatic N) is 4. The Balaban J connectivity index is 1.80. The molecule has 0 saturated carbocycles. The number of benzene rings is 1. The summed E-state index contributed by atoms with van der Waals surface area (Å²) in [6, 6.07) is 10.00. The molecule has 1 atom stereocenters. The van der Waals surface area contributed by atoms with Crippen LogP contribution in [0.5, 0.6) is 0 Å². The van der Waals surface area contributed by atoms with E-state index >= 15 is 0 Å². The molecule has 3 heterocycles. The number of nitrogens with two attached hydrogens (primary N) is 1. The number of piperidine rings is 1. The van der Waals surface area contributed by atoms with Gasteiger partial charge in [-0.1, -0.05) is 29.8 Å². The highest BCUT2D eigenvalue weighted by Crippen LogP contribution is 2.30. The zero-order chi connectivity index (χ0) is 15.8. The van der Waals surface area contributed by atoms with Crippen LogP contribution in [0.4, 0.5) is 5.82 Å². The number of fused-ring (bicyclic) bond motifs is 1. The smallest absolute Gasteiger partial charge is 0.154 e. The van der Waals surface area contributed by atoms with Crippen LogP contribution in [-0.2, 0) is 0 Å². The third-order valence-corrected chi connectivity index (χ3v) is 4.61. The molecule has 3 aromatic rings. The van der Waals surface area contributed by atoms with Crippen molar-refractivity contribution >= 4 is 22.9 Å². The lowest BCUT2D eigenvalue weighted by molar-refractivity contribution is 0.503. The monoisotopic (exact) mass is 327 g/mol. The lowest BCUT2D eigenvalue weighted by Gasteiger charge is -2.31. The van der Waals surface area contributed by atoms with Crippen molar-refractivity contribution in [1.29, 1.82) is 0 Å². The molecule has 4 rings (SSSR count). The fourth-order valence-electron chi connectivity index (χ4n) is 3.15. The summed E-state index contributed by atoms with van der Waals surface area (Å²) in [7, 11) is 0. The maximum Gasteiger partial charge on any atom is 0.154 e. The van der Waals surface area contributed by atoms with E-state index in [1.54, 1.807) is 6.20 Å². The van der Waals surface area contributed by atoms with Gasteiger partial charge in [-0.2, -0.15) is 5.10 Å². The summed E-state index contributed by atoms with van der Waals surface area (Å²) >= 11 is 6.30. The molecule has 0 amide bonds. The molecule has 6 heteroatoms. The van der Waals surface area contributed by atoms with Crippen molar-refractivity contribution in [3.63, 3.8) is 0 Å². The summed E-state index contributed by atoms with van der Waals surface area (Å²) in [5, 5.41) is 5.35. The number of halogens is 1. The SMILES string of the molecule is NC1CCCN(c2nccn3nc(-c4ccccc4Cl)cc23)C1. The summed E-state index contributed by atoms with van der Waals surface area (Å²) < 4.78 is 1.86. The maximum atomic E-state index is 6.30. The van der Waals surface area contributed by atoms with E-state index in [9.17, 15) is 0 Å². The van der Waals surface area contributed by atoms with E-state index in [0.717, 1.165) is 48.5 Å².